The first-order valence-electron chi connectivity index (χ1n) is 11.4. The Morgan fingerprint density at radius 1 is 1.12 bits per heavy atom. The summed E-state index contributed by atoms with van der Waals surface area (Å²) in [6.45, 7) is 6.11. The molecule has 0 unspecified atom stereocenters. The molecule has 0 heterocycles. The lowest BCUT2D eigenvalue weighted by Crippen LogP contribution is -2.41. The Bertz CT molecular complexity index is 1100. The zero-order chi connectivity index (χ0) is 24.3. The number of carbonyl (C=O) groups is 1. The zero-order valence-electron chi connectivity index (χ0n) is 20.0. The third-order valence-electron chi connectivity index (χ3n) is 6.45. The van der Waals surface area contributed by atoms with E-state index in [-0.39, 0.29) is 35.2 Å². The molecular formula is C25H34ClN3O3S. The summed E-state index contributed by atoms with van der Waals surface area (Å²) in [6.07, 6.45) is 2.93. The molecule has 0 radical (unpaired) electrons. The van der Waals surface area contributed by atoms with Gasteiger partial charge in [-0.05, 0) is 67.6 Å². The van der Waals surface area contributed by atoms with Crippen molar-refractivity contribution in [1.29, 1.82) is 0 Å². The summed E-state index contributed by atoms with van der Waals surface area (Å²) in [4.78, 5) is 14.6. The van der Waals surface area contributed by atoms with Crippen molar-refractivity contribution in [2.24, 2.45) is 11.8 Å². The van der Waals surface area contributed by atoms with Crippen LogP contribution >= 0.6 is 11.6 Å². The molecule has 1 saturated carbocycles. The van der Waals surface area contributed by atoms with Crippen LogP contribution in [0.5, 0.6) is 0 Å². The van der Waals surface area contributed by atoms with Crippen molar-refractivity contribution < 1.29 is 13.2 Å². The lowest BCUT2D eigenvalue weighted by Gasteiger charge is -2.32. The average Bonchev–Trinajstić information content (AvgIpc) is 2.69. The van der Waals surface area contributed by atoms with Crippen molar-refractivity contribution >= 4 is 38.9 Å². The molecule has 2 aromatic rings. The molecule has 180 valence electrons. The van der Waals surface area contributed by atoms with Gasteiger partial charge in [-0.2, -0.15) is 4.31 Å². The molecule has 3 rings (SSSR count). The predicted molar refractivity (Wildman–Crippen MR) is 135 cm³/mol. The third kappa shape index (κ3) is 5.89. The van der Waals surface area contributed by atoms with Gasteiger partial charge in [0.05, 0.1) is 4.90 Å². The number of hydrogen-bond donors (Lipinski definition) is 1. The van der Waals surface area contributed by atoms with Gasteiger partial charge in [-0.25, -0.2) is 8.42 Å². The maximum atomic E-state index is 13.7. The molecule has 1 aliphatic carbocycles. The minimum atomic E-state index is -3.81. The number of sulfonamides is 1. The number of carbonyl (C=O) groups excluding carboxylic acids is 1. The molecule has 1 N–H and O–H groups in total. The topological polar surface area (TPSA) is 69.7 Å². The number of anilines is 2. The first-order chi connectivity index (χ1) is 15.5. The van der Waals surface area contributed by atoms with E-state index in [1.807, 2.05) is 58.0 Å². The van der Waals surface area contributed by atoms with Crippen LogP contribution < -0.4 is 10.2 Å². The molecule has 0 aliphatic heterocycles. The van der Waals surface area contributed by atoms with Crippen molar-refractivity contribution in [3.8, 4) is 0 Å². The van der Waals surface area contributed by atoms with Crippen LogP contribution in [0.15, 0.2) is 47.4 Å². The van der Waals surface area contributed by atoms with Crippen LogP contribution in [0.1, 0.15) is 45.6 Å². The smallest absolute Gasteiger partial charge is 0.243 e. The molecule has 0 saturated heterocycles. The minimum Gasteiger partial charge on any atom is -0.377 e. The molecule has 1 amide bonds. The standard InChI is InChI=1S/C25H34ClN3O3S/c1-17(2)18(3)29(33(31,32)23-11-7-10-21(26)15-23)16-20-14-22(12-13-24(20)28(4)5)27-25(30)19-8-6-9-19/h7,10-15,17-19H,6,8-9,16H2,1-5H3,(H,27,30)/t18-/m0/s1. The molecule has 0 spiro atoms. The van der Waals surface area contributed by atoms with E-state index in [2.05, 4.69) is 5.32 Å². The van der Waals surface area contributed by atoms with Gasteiger partial charge >= 0.3 is 0 Å². The van der Waals surface area contributed by atoms with Crippen molar-refractivity contribution in [2.45, 2.75) is 57.5 Å². The Kier molecular flexibility index (Phi) is 8.08. The zero-order valence-corrected chi connectivity index (χ0v) is 21.6. The van der Waals surface area contributed by atoms with Crippen LogP contribution in [-0.4, -0.2) is 38.8 Å². The summed E-state index contributed by atoms with van der Waals surface area (Å²) < 4.78 is 28.9. The third-order valence-corrected chi connectivity index (χ3v) is 8.62. The molecule has 33 heavy (non-hydrogen) atoms. The highest BCUT2D eigenvalue weighted by Crippen LogP contribution is 2.32. The highest BCUT2D eigenvalue weighted by Gasteiger charge is 2.32. The van der Waals surface area contributed by atoms with E-state index in [9.17, 15) is 13.2 Å². The lowest BCUT2D eigenvalue weighted by atomic mass is 9.85. The normalized spacial score (nSPS) is 15.4. The second kappa shape index (κ2) is 10.5. The summed E-state index contributed by atoms with van der Waals surface area (Å²) in [5.74, 6) is 0.203. The maximum absolute atomic E-state index is 13.7. The van der Waals surface area contributed by atoms with Gasteiger partial charge in [0.2, 0.25) is 15.9 Å². The van der Waals surface area contributed by atoms with E-state index < -0.39 is 10.0 Å². The van der Waals surface area contributed by atoms with Crippen LogP contribution in [0, 0.1) is 11.8 Å². The molecule has 1 fully saturated rings. The number of rotatable bonds is 9. The molecule has 8 heteroatoms. The van der Waals surface area contributed by atoms with E-state index in [1.54, 1.807) is 18.2 Å². The summed E-state index contributed by atoms with van der Waals surface area (Å²) in [5.41, 5.74) is 2.41. The van der Waals surface area contributed by atoms with Crippen LogP contribution in [0.3, 0.4) is 0 Å². The summed E-state index contributed by atoms with van der Waals surface area (Å²) in [7, 11) is 0.0379. The number of hydrogen-bond acceptors (Lipinski definition) is 4. The van der Waals surface area contributed by atoms with Crippen LogP contribution in [-0.2, 0) is 21.4 Å². The SMILES string of the molecule is CC(C)[C@H](C)N(Cc1cc(NC(=O)C2CCC2)ccc1N(C)C)S(=O)(=O)c1cccc(Cl)c1. The summed E-state index contributed by atoms with van der Waals surface area (Å²) in [6, 6.07) is 11.8. The van der Waals surface area contributed by atoms with Gasteiger partial charge in [0.1, 0.15) is 0 Å². The van der Waals surface area contributed by atoms with Gasteiger partial charge in [0, 0.05) is 49.0 Å². The lowest BCUT2D eigenvalue weighted by molar-refractivity contribution is -0.122. The van der Waals surface area contributed by atoms with E-state index in [0.717, 1.165) is 30.5 Å². The largest absolute Gasteiger partial charge is 0.377 e. The Morgan fingerprint density at radius 3 is 2.36 bits per heavy atom. The maximum Gasteiger partial charge on any atom is 0.243 e. The van der Waals surface area contributed by atoms with Crippen molar-refractivity contribution in [2.75, 3.05) is 24.3 Å². The van der Waals surface area contributed by atoms with Gasteiger partial charge in [0.15, 0.2) is 0 Å². The number of benzene rings is 2. The monoisotopic (exact) mass is 491 g/mol. The minimum absolute atomic E-state index is 0.0313. The molecule has 1 atom stereocenters. The fourth-order valence-electron chi connectivity index (χ4n) is 3.85. The highest BCUT2D eigenvalue weighted by molar-refractivity contribution is 7.89. The number of amides is 1. The summed E-state index contributed by atoms with van der Waals surface area (Å²) >= 11 is 6.11. The molecule has 1 aliphatic rings. The van der Waals surface area contributed by atoms with Gasteiger partial charge in [0.25, 0.3) is 0 Å². The van der Waals surface area contributed by atoms with Gasteiger partial charge < -0.3 is 10.2 Å². The van der Waals surface area contributed by atoms with E-state index in [1.165, 1.54) is 10.4 Å². The first kappa shape index (κ1) is 25.5. The number of nitrogens with zero attached hydrogens (tertiary/aromatic N) is 2. The first-order valence-corrected chi connectivity index (χ1v) is 13.2. The van der Waals surface area contributed by atoms with Crippen LogP contribution in [0.2, 0.25) is 5.02 Å². The predicted octanol–water partition coefficient (Wildman–Crippen LogP) is 5.38. The van der Waals surface area contributed by atoms with E-state index in [4.69, 9.17) is 11.6 Å². The van der Waals surface area contributed by atoms with Gasteiger partial charge in [-0.15, -0.1) is 0 Å². The van der Waals surface area contributed by atoms with E-state index >= 15 is 0 Å². The van der Waals surface area contributed by atoms with Crippen molar-refractivity contribution in [1.82, 2.24) is 4.31 Å². The van der Waals surface area contributed by atoms with E-state index in [0.29, 0.717) is 10.7 Å². The Morgan fingerprint density at radius 2 is 1.82 bits per heavy atom. The fraction of sp³-hybridized carbons (Fsp3) is 0.480. The second-order valence-electron chi connectivity index (χ2n) is 9.35. The average molecular weight is 492 g/mol. The molecule has 6 nitrogen and oxygen atoms in total. The molecule has 0 bridgehead atoms. The summed E-state index contributed by atoms with van der Waals surface area (Å²) in [5, 5.41) is 3.39. The molecule has 2 aromatic carbocycles. The molecular weight excluding hydrogens is 458 g/mol. The Labute approximate surface area is 203 Å². The molecule has 0 aromatic heterocycles. The van der Waals surface area contributed by atoms with Crippen molar-refractivity contribution in [3.63, 3.8) is 0 Å². The fourth-order valence-corrected chi connectivity index (χ4v) is 5.89. The number of nitrogens with one attached hydrogen (secondary N) is 1. The Hall–Kier alpha value is -2.09. The highest BCUT2D eigenvalue weighted by atomic mass is 35.5. The number of halogens is 1. The van der Waals surface area contributed by atoms with Gasteiger partial charge in [-0.3, -0.25) is 4.79 Å². The van der Waals surface area contributed by atoms with Gasteiger partial charge in [-0.1, -0.05) is 37.9 Å². The van der Waals surface area contributed by atoms with Crippen molar-refractivity contribution in [3.05, 3.63) is 53.1 Å². The second-order valence-corrected chi connectivity index (χ2v) is 11.7. The van der Waals surface area contributed by atoms with Crippen LogP contribution in [0.25, 0.3) is 0 Å². The quantitative estimate of drug-likeness (QED) is 0.511. The van der Waals surface area contributed by atoms with Crippen LogP contribution in [0.4, 0.5) is 11.4 Å². The Balaban J connectivity index is 2.00.